The highest BCUT2D eigenvalue weighted by Gasteiger charge is 2.43. The minimum absolute atomic E-state index is 0.452. The van der Waals surface area contributed by atoms with Gasteiger partial charge in [-0.25, -0.2) is 0 Å². The van der Waals surface area contributed by atoms with Crippen LogP contribution < -0.4 is 0 Å². The van der Waals surface area contributed by atoms with E-state index in [9.17, 15) is 10.2 Å². The summed E-state index contributed by atoms with van der Waals surface area (Å²) in [6, 6.07) is 0. The van der Waals surface area contributed by atoms with Crippen LogP contribution in [0.4, 0.5) is 0 Å². The van der Waals surface area contributed by atoms with Crippen LogP contribution in [-0.4, -0.2) is 55.1 Å². The van der Waals surface area contributed by atoms with Gasteiger partial charge in [-0.15, -0.1) is 0 Å². The smallest absolute Gasteiger partial charge is 0.184 e. The lowest BCUT2D eigenvalue weighted by molar-refractivity contribution is -0.287. The van der Waals surface area contributed by atoms with Gasteiger partial charge in [0.25, 0.3) is 0 Å². The van der Waals surface area contributed by atoms with E-state index in [1.807, 2.05) is 0 Å². The molecule has 0 saturated carbocycles. The first kappa shape index (κ1) is 10.9. The molecule has 1 aliphatic heterocycles. The molecule has 0 aromatic rings. The fraction of sp³-hybridized carbons (Fsp3) is 1.00. The number of rotatable bonds is 2. The number of hydrogen-bond donors (Lipinski definition) is 2. The summed E-state index contributed by atoms with van der Waals surface area (Å²) in [6.45, 7) is 1.67. The molecule has 0 bridgehead atoms. The van der Waals surface area contributed by atoms with Gasteiger partial charge in [-0.05, 0) is 6.92 Å². The van der Waals surface area contributed by atoms with Crippen LogP contribution in [0.25, 0.3) is 0 Å². The third kappa shape index (κ3) is 2.00. The zero-order valence-corrected chi connectivity index (χ0v) is 8.01. The monoisotopic (exact) mass is 192 g/mol. The van der Waals surface area contributed by atoms with Crippen LogP contribution >= 0.6 is 0 Å². The number of methoxy groups -OCH3 is 2. The molecule has 5 heteroatoms. The van der Waals surface area contributed by atoms with Gasteiger partial charge in [-0.1, -0.05) is 0 Å². The molecular formula is C8H16O5. The molecule has 1 rings (SSSR count). The first-order valence-electron chi connectivity index (χ1n) is 4.19. The third-order valence-electron chi connectivity index (χ3n) is 2.32. The summed E-state index contributed by atoms with van der Waals surface area (Å²) in [5.41, 5.74) is 0. The van der Waals surface area contributed by atoms with E-state index in [1.165, 1.54) is 14.2 Å². The van der Waals surface area contributed by atoms with Gasteiger partial charge in [0.15, 0.2) is 6.29 Å². The summed E-state index contributed by atoms with van der Waals surface area (Å²) in [4.78, 5) is 0. The van der Waals surface area contributed by atoms with Crippen LogP contribution in [0.3, 0.4) is 0 Å². The standard InChI is InChI=1S/C8H16O5/c1-4-5(9)6(11-2)7(12-3)8(10)13-4/h4-10H,1-3H3/t4-,5-,6+,7-,8-/m1/s1. The molecule has 5 nitrogen and oxygen atoms in total. The Morgan fingerprint density at radius 3 is 2.08 bits per heavy atom. The zero-order chi connectivity index (χ0) is 10.0. The molecule has 0 unspecified atom stereocenters. The van der Waals surface area contributed by atoms with E-state index < -0.39 is 30.7 Å². The van der Waals surface area contributed by atoms with Gasteiger partial charge in [0.1, 0.15) is 18.3 Å². The SMILES string of the molecule is CO[C@@H]1[C@@H](OC)[C@H](O)[C@@H](C)O[C@H]1O. The third-order valence-corrected chi connectivity index (χ3v) is 2.32. The first-order valence-corrected chi connectivity index (χ1v) is 4.19. The molecular weight excluding hydrogens is 176 g/mol. The molecule has 5 atom stereocenters. The van der Waals surface area contributed by atoms with E-state index in [2.05, 4.69) is 0 Å². The van der Waals surface area contributed by atoms with Crippen molar-refractivity contribution in [2.45, 2.75) is 37.6 Å². The minimum atomic E-state index is -1.05. The van der Waals surface area contributed by atoms with Gasteiger partial charge >= 0.3 is 0 Å². The Hall–Kier alpha value is -0.200. The Morgan fingerprint density at radius 2 is 1.62 bits per heavy atom. The number of hydrogen-bond acceptors (Lipinski definition) is 5. The first-order chi connectivity index (χ1) is 6.11. The summed E-state index contributed by atoms with van der Waals surface area (Å²) in [6.07, 6.45) is -3.47. The Kier molecular flexibility index (Phi) is 3.63. The summed E-state index contributed by atoms with van der Waals surface area (Å²) in [5, 5.41) is 19.0. The predicted octanol–water partition coefficient (Wildman–Crippen LogP) is -0.886. The highest BCUT2D eigenvalue weighted by Crippen LogP contribution is 2.23. The summed E-state index contributed by atoms with van der Waals surface area (Å²) < 4.78 is 15.0. The van der Waals surface area contributed by atoms with Crippen molar-refractivity contribution in [3.05, 3.63) is 0 Å². The van der Waals surface area contributed by atoms with E-state index >= 15 is 0 Å². The predicted molar refractivity (Wildman–Crippen MR) is 44.2 cm³/mol. The lowest BCUT2D eigenvalue weighted by atomic mass is 10.00. The van der Waals surface area contributed by atoms with Crippen molar-refractivity contribution < 1.29 is 24.4 Å². The maximum absolute atomic E-state index is 9.62. The van der Waals surface area contributed by atoms with E-state index in [1.54, 1.807) is 6.92 Å². The molecule has 13 heavy (non-hydrogen) atoms. The second kappa shape index (κ2) is 4.34. The Balaban J connectivity index is 2.71. The Bertz CT molecular complexity index is 163. The number of aliphatic hydroxyl groups is 2. The van der Waals surface area contributed by atoms with Crippen LogP contribution in [-0.2, 0) is 14.2 Å². The van der Waals surface area contributed by atoms with E-state index in [0.29, 0.717) is 0 Å². The van der Waals surface area contributed by atoms with Crippen LogP contribution in [0.5, 0.6) is 0 Å². The number of aliphatic hydroxyl groups excluding tert-OH is 2. The van der Waals surface area contributed by atoms with Crippen LogP contribution in [0.2, 0.25) is 0 Å². The maximum Gasteiger partial charge on any atom is 0.184 e. The topological polar surface area (TPSA) is 68.2 Å². The largest absolute Gasteiger partial charge is 0.388 e. The molecule has 0 aromatic heterocycles. The van der Waals surface area contributed by atoms with E-state index in [-0.39, 0.29) is 0 Å². The van der Waals surface area contributed by atoms with Crippen molar-refractivity contribution >= 4 is 0 Å². The lowest BCUT2D eigenvalue weighted by Gasteiger charge is -2.40. The van der Waals surface area contributed by atoms with Crippen molar-refractivity contribution in [1.82, 2.24) is 0 Å². The van der Waals surface area contributed by atoms with Crippen molar-refractivity contribution in [2.24, 2.45) is 0 Å². The molecule has 1 fully saturated rings. The van der Waals surface area contributed by atoms with Crippen LogP contribution in [0.15, 0.2) is 0 Å². The van der Waals surface area contributed by atoms with E-state index in [0.717, 1.165) is 0 Å². The van der Waals surface area contributed by atoms with Crippen LogP contribution in [0.1, 0.15) is 6.92 Å². The van der Waals surface area contributed by atoms with Crippen molar-refractivity contribution in [3.8, 4) is 0 Å². The normalized spacial score (nSPS) is 46.4. The van der Waals surface area contributed by atoms with Gasteiger partial charge in [-0.3, -0.25) is 0 Å². The molecule has 0 spiro atoms. The average molecular weight is 192 g/mol. The summed E-state index contributed by atoms with van der Waals surface area (Å²) in [5.74, 6) is 0. The molecule has 1 heterocycles. The minimum Gasteiger partial charge on any atom is -0.388 e. The highest BCUT2D eigenvalue weighted by atomic mass is 16.7. The molecule has 0 aromatic carbocycles. The summed E-state index contributed by atoms with van der Waals surface area (Å²) in [7, 11) is 2.90. The van der Waals surface area contributed by atoms with Gasteiger partial charge in [0, 0.05) is 14.2 Å². The zero-order valence-electron chi connectivity index (χ0n) is 8.01. The molecule has 78 valence electrons. The van der Waals surface area contributed by atoms with E-state index in [4.69, 9.17) is 14.2 Å². The van der Waals surface area contributed by atoms with Gasteiger partial charge < -0.3 is 24.4 Å². The molecule has 0 aliphatic carbocycles. The fourth-order valence-corrected chi connectivity index (χ4v) is 1.53. The Morgan fingerprint density at radius 1 is 1.08 bits per heavy atom. The van der Waals surface area contributed by atoms with Gasteiger partial charge in [0.2, 0.25) is 0 Å². The lowest BCUT2D eigenvalue weighted by Crippen LogP contribution is -2.57. The highest BCUT2D eigenvalue weighted by molar-refractivity contribution is 4.88. The molecule has 1 saturated heterocycles. The average Bonchev–Trinajstić information content (AvgIpc) is 2.10. The summed E-state index contributed by atoms with van der Waals surface area (Å²) >= 11 is 0. The van der Waals surface area contributed by atoms with Crippen molar-refractivity contribution in [3.63, 3.8) is 0 Å². The second-order valence-corrected chi connectivity index (χ2v) is 3.12. The number of ether oxygens (including phenoxy) is 3. The van der Waals surface area contributed by atoms with Crippen molar-refractivity contribution in [1.29, 1.82) is 0 Å². The maximum atomic E-state index is 9.62. The van der Waals surface area contributed by atoms with Crippen molar-refractivity contribution in [2.75, 3.05) is 14.2 Å². The van der Waals surface area contributed by atoms with Crippen LogP contribution in [0, 0.1) is 0 Å². The van der Waals surface area contributed by atoms with Gasteiger partial charge in [-0.2, -0.15) is 0 Å². The molecule has 2 N–H and O–H groups in total. The quantitative estimate of drug-likeness (QED) is 0.594. The van der Waals surface area contributed by atoms with Gasteiger partial charge in [0.05, 0.1) is 6.10 Å². The molecule has 1 aliphatic rings. The fourth-order valence-electron chi connectivity index (χ4n) is 1.53. The second-order valence-electron chi connectivity index (χ2n) is 3.12. The Labute approximate surface area is 77.2 Å². The molecule has 0 radical (unpaired) electrons. The molecule has 0 amide bonds.